The highest BCUT2D eigenvalue weighted by Crippen LogP contribution is 2.29. The lowest BCUT2D eigenvalue weighted by Crippen LogP contribution is -2.43. The van der Waals surface area contributed by atoms with Gasteiger partial charge in [-0.2, -0.15) is 0 Å². The first-order chi connectivity index (χ1) is 13.1. The first-order valence-corrected chi connectivity index (χ1v) is 10.2. The quantitative estimate of drug-likeness (QED) is 0.562. The molecule has 2 aromatic carbocycles. The van der Waals surface area contributed by atoms with E-state index in [-0.39, 0.29) is 7.43 Å². The molecule has 0 aliphatic carbocycles. The van der Waals surface area contributed by atoms with Crippen molar-refractivity contribution >= 4 is 26.8 Å². The number of fused-ring (bicyclic) bond motifs is 1. The molecule has 0 amide bonds. The van der Waals surface area contributed by atoms with Crippen LogP contribution >= 0.6 is 15.9 Å². The number of methoxy groups -OCH3 is 1. The molecule has 1 saturated heterocycles. The highest BCUT2D eigenvalue weighted by Gasteiger charge is 2.17. The Morgan fingerprint density at radius 2 is 1.71 bits per heavy atom. The van der Waals surface area contributed by atoms with Crippen molar-refractivity contribution < 1.29 is 4.74 Å². The lowest BCUT2D eigenvalue weighted by Gasteiger charge is -2.32. The van der Waals surface area contributed by atoms with E-state index in [1.54, 1.807) is 7.11 Å². The van der Waals surface area contributed by atoms with Crippen LogP contribution in [-0.4, -0.2) is 54.7 Å². The minimum atomic E-state index is 0. The van der Waals surface area contributed by atoms with E-state index < -0.39 is 0 Å². The van der Waals surface area contributed by atoms with Gasteiger partial charge in [-0.05, 0) is 42.4 Å². The van der Waals surface area contributed by atoms with Gasteiger partial charge in [0, 0.05) is 60.8 Å². The number of likely N-dealkylation sites (N-methyl/N-ethyl adjacent to an activating group) is 1. The molecule has 0 N–H and O–H groups in total. The summed E-state index contributed by atoms with van der Waals surface area (Å²) >= 11 is 3.69. The van der Waals surface area contributed by atoms with Gasteiger partial charge >= 0.3 is 0 Å². The Morgan fingerprint density at radius 1 is 0.964 bits per heavy atom. The Labute approximate surface area is 176 Å². The van der Waals surface area contributed by atoms with Crippen LogP contribution in [0.5, 0.6) is 5.75 Å². The van der Waals surface area contributed by atoms with E-state index in [4.69, 9.17) is 4.74 Å². The molecule has 5 heteroatoms. The fourth-order valence-electron chi connectivity index (χ4n) is 3.79. The van der Waals surface area contributed by atoms with E-state index >= 15 is 0 Å². The summed E-state index contributed by atoms with van der Waals surface area (Å²) in [5.74, 6) is 0.917. The third-order valence-electron chi connectivity index (χ3n) is 5.46. The summed E-state index contributed by atoms with van der Waals surface area (Å²) in [6.07, 6.45) is 2.32. The van der Waals surface area contributed by atoms with E-state index in [1.165, 1.54) is 22.0 Å². The van der Waals surface area contributed by atoms with Crippen LogP contribution in [0.2, 0.25) is 0 Å². The van der Waals surface area contributed by atoms with Gasteiger partial charge in [-0.15, -0.1) is 0 Å². The average Bonchev–Trinajstić information content (AvgIpc) is 3.02. The maximum atomic E-state index is 5.49. The van der Waals surface area contributed by atoms with Gasteiger partial charge in [-0.25, -0.2) is 0 Å². The van der Waals surface area contributed by atoms with Crippen LogP contribution in [0.4, 0.5) is 0 Å². The summed E-state index contributed by atoms with van der Waals surface area (Å²) in [7, 11) is 3.94. The first kappa shape index (κ1) is 20.9. The van der Waals surface area contributed by atoms with E-state index in [0.717, 1.165) is 49.5 Å². The smallest absolute Gasteiger partial charge is 0.119 e. The highest BCUT2D eigenvalue weighted by atomic mass is 79.9. The molecule has 1 aliphatic heterocycles. The molecule has 0 atom stereocenters. The lowest BCUT2D eigenvalue weighted by atomic mass is 10.1. The lowest BCUT2D eigenvalue weighted by molar-refractivity contribution is 0.148. The first-order valence-electron chi connectivity index (χ1n) is 9.44. The zero-order valence-corrected chi connectivity index (χ0v) is 17.6. The van der Waals surface area contributed by atoms with Crippen LogP contribution in [0.15, 0.2) is 53.1 Å². The molecule has 150 valence electrons. The van der Waals surface area contributed by atoms with Crippen molar-refractivity contribution in [1.29, 1.82) is 0 Å². The molecule has 4 rings (SSSR count). The second-order valence-electron chi connectivity index (χ2n) is 7.34. The summed E-state index contributed by atoms with van der Waals surface area (Å²) < 4.78 is 9.01. The Balaban J connectivity index is 0.00000225. The van der Waals surface area contributed by atoms with Gasteiger partial charge in [0.2, 0.25) is 0 Å². The van der Waals surface area contributed by atoms with Gasteiger partial charge in [-0.3, -0.25) is 4.90 Å². The van der Waals surface area contributed by atoms with Gasteiger partial charge in [0.1, 0.15) is 5.75 Å². The number of ether oxygens (including phenoxy) is 1. The van der Waals surface area contributed by atoms with E-state index in [1.807, 2.05) is 0 Å². The van der Waals surface area contributed by atoms with Crippen LogP contribution in [0.3, 0.4) is 0 Å². The van der Waals surface area contributed by atoms with Gasteiger partial charge in [0.15, 0.2) is 0 Å². The SMILES string of the molecule is C.COc1ccc2c(c1)c(CN1CCN(C)CC1)cn2Cc1ccccc1Br. The van der Waals surface area contributed by atoms with Crippen molar-refractivity contribution in [2.24, 2.45) is 0 Å². The van der Waals surface area contributed by atoms with E-state index in [2.05, 4.69) is 86.0 Å². The van der Waals surface area contributed by atoms with Gasteiger partial charge < -0.3 is 14.2 Å². The van der Waals surface area contributed by atoms with Crippen molar-refractivity contribution in [3.05, 3.63) is 64.3 Å². The summed E-state index contributed by atoms with van der Waals surface area (Å²) in [6.45, 7) is 6.36. The Kier molecular flexibility index (Phi) is 6.81. The van der Waals surface area contributed by atoms with Gasteiger partial charge in [0.05, 0.1) is 7.11 Å². The number of hydrogen-bond donors (Lipinski definition) is 0. The summed E-state index contributed by atoms with van der Waals surface area (Å²) in [5, 5.41) is 1.29. The fraction of sp³-hybridized carbons (Fsp3) is 0.391. The molecule has 0 spiro atoms. The molecule has 0 unspecified atom stereocenters. The Hall–Kier alpha value is -1.82. The molecule has 1 aliphatic rings. The molecule has 0 saturated carbocycles. The number of hydrogen-bond acceptors (Lipinski definition) is 3. The molecule has 4 nitrogen and oxygen atoms in total. The third kappa shape index (κ3) is 4.43. The molecule has 28 heavy (non-hydrogen) atoms. The van der Waals surface area contributed by atoms with Crippen molar-refractivity contribution in [3.63, 3.8) is 0 Å². The van der Waals surface area contributed by atoms with Crippen LogP contribution in [0.1, 0.15) is 18.6 Å². The molecule has 0 bridgehead atoms. The van der Waals surface area contributed by atoms with E-state index in [9.17, 15) is 0 Å². The minimum absolute atomic E-state index is 0. The second kappa shape index (κ2) is 9.12. The van der Waals surface area contributed by atoms with Crippen LogP contribution in [-0.2, 0) is 13.1 Å². The van der Waals surface area contributed by atoms with Crippen LogP contribution in [0, 0.1) is 0 Å². The molecule has 0 radical (unpaired) electrons. The molecular weight excluding hydrogens is 414 g/mol. The van der Waals surface area contributed by atoms with Gasteiger partial charge in [0.25, 0.3) is 0 Å². The summed E-state index contributed by atoms with van der Waals surface area (Å²) in [4.78, 5) is 4.95. The topological polar surface area (TPSA) is 20.6 Å². The molecule has 1 aromatic heterocycles. The predicted octanol–water partition coefficient (Wildman–Crippen LogP) is 4.84. The molecule has 1 fully saturated rings. The number of aromatic nitrogens is 1. The monoisotopic (exact) mass is 443 g/mol. The maximum Gasteiger partial charge on any atom is 0.119 e. The van der Waals surface area contributed by atoms with Crippen LogP contribution < -0.4 is 4.74 Å². The predicted molar refractivity (Wildman–Crippen MR) is 121 cm³/mol. The average molecular weight is 444 g/mol. The molecular formula is C23H30BrN3O. The summed E-state index contributed by atoms with van der Waals surface area (Å²) in [5.41, 5.74) is 3.92. The largest absolute Gasteiger partial charge is 0.497 e. The number of benzene rings is 2. The normalized spacial score (nSPS) is 15.5. The Bertz CT molecular complexity index is 929. The molecule has 3 aromatic rings. The highest BCUT2D eigenvalue weighted by molar-refractivity contribution is 9.10. The zero-order chi connectivity index (χ0) is 18.8. The third-order valence-corrected chi connectivity index (χ3v) is 6.23. The number of halogens is 1. The standard InChI is InChI=1S/C22H26BrN3O.CH4/c1-24-9-11-25(12-10-24)14-18-16-26(15-17-5-3-4-6-21(17)23)22-8-7-19(27-2)13-20(18)22;/h3-8,13,16H,9-12,14-15H2,1-2H3;1H4. The van der Waals surface area contributed by atoms with Crippen molar-refractivity contribution in [2.45, 2.75) is 20.5 Å². The number of nitrogens with zero attached hydrogens (tertiary/aromatic N) is 3. The van der Waals surface area contributed by atoms with Crippen molar-refractivity contribution in [2.75, 3.05) is 40.3 Å². The van der Waals surface area contributed by atoms with E-state index in [0.29, 0.717) is 0 Å². The Morgan fingerprint density at radius 3 is 2.43 bits per heavy atom. The number of piperazine rings is 1. The zero-order valence-electron chi connectivity index (χ0n) is 16.0. The van der Waals surface area contributed by atoms with Crippen molar-refractivity contribution in [1.82, 2.24) is 14.4 Å². The van der Waals surface area contributed by atoms with Crippen LogP contribution in [0.25, 0.3) is 10.9 Å². The van der Waals surface area contributed by atoms with Crippen molar-refractivity contribution in [3.8, 4) is 5.75 Å². The second-order valence-corrected chi connectivity index (χ2v) is 8.19. The maximum absolute atomic E-state index is 5.49. The number of rotatable bonds is 5. The molecule has 2 heterocycles. The fourth-order valence-corrected chi connectivity index (χ4v) is 4.20. The summed E-state index contributed by atoms with van der Waals surface area (Å²) in [6, 6.07) is 14.9. The minimum Gasteiger partial charge on any atom is -0.497 e. The van der Waals surface area contributed by atoms with Gasteiger partial charge in [-0.1, -0.05) is 41.6 Å².